The van der Waals surface area contributed by atoms with Gasteiger partial charge >= 0.3 is 12.0 Å². The minimum Gasteiger partial charge on any atom is -0.480 e. The number of hydrogen-bond acceptors (Lipinski definition) is 7. The van der Waals surface area contributed by atoms with Crippen LogP contribution in [0.3, 0.4) is 0 Å². The van der Waals surface area contributed by atoms with Crippen LogP contribution in [0.2, 0.25) is 0 Å². The first-order chi connectivity index (χ1) is 13.8. The van der Waals surface area contributed by atoms with Gasteiger partial charge in [-0.25, -0.2) is 9.59 Å². The number of carboxylic acid groups (broad SMARTS) is 1. The number of carboxylic acids is 1. The number of rotatable bonds is 10. The molecular weight excluding hydrogens is 394 g/mol. The van der Waals surface area contributed by atoms with Crippen molar-refractivity contribution in [3.8, 4) is 0 Å². The fourth-order valence-electron chi connectivity index (χ4n) is 2.71. The molecule has 0 saturated heterocycles. The van der Waals surface area contributed by atoms with Gasteiger partial charge in [0.05, 0.1) is 6.04 Å². The van der Waals surface area contributed by atoms with Crippen molar-refractivity contribution in [1.29, 1.82) is 0 Å². The van der Waals surface area contributed by atoms with Crippen LogP contribution in [-0.4, -0.2) is 39.0 Å². The number of urea groups is 1. The zero-order valence-corrected chi connectivity index (χ0v) is 17.3. The molecule has 1 heterocycles. The van der Waals surface area contributed by atoms with Gasteiger partial charge in [0.25, 0.3) is 0 Å². The monoisotopic (exact) mass is 421 g/mol. The first-order valence-corrected chi connectivity index (χ1v) is 10.0. The highest BCUT2D eigenvalue weighted by atomic mass is 32.1. The molecule has 2 aromatic rings. The minimum atomic E-state index is -1.09. The van der Waals surface area contributed by atoms with Gasteiger partial charge in [0.2, 0.25) is 5.89 Å². The standard InChI is InChI=1S/C19H27N5O4S/c1-3-11(2)15(18(25)26)22-19(27)21-14(10-29)17-23-16(24-28-17)13(20)9-12-7-5-4-6-8-12/h4-8,11,13-15,29H,3,9-10,20H2,1-2H3,(H,25,26)(H2,21,22,27)/t11?,13-,14-,15-/m0/s1. The molecule has 4 atom stereocenters. The molecule has 0 spiro atoms. The number of hydrogen-bond donors (Lipinski definition) is 5. The van der Waals surface area contributed by atoms with Crippen molar-refractivity contribution in [2.24, 2.45) is 11.7 Å². The number of amides is 2. The van der Waals surface area contributed by atoms with Crippen LogP contribution in [0.1, 0.15) is 49.6 Å². The van der Waals surface area contributed by atoms with Gasteiger partial charge in [0.1, 0.15) is 12.1 Å². The Hall–Kier alpha value is -2.59. The fraction of sp³-hybridized carbons (Fsp3) is 0.474. The highest BCUT2D eigenvalue weighted by Crippen LogP contribution is 2.18. The number of aliphatic carboxylic acids is 1. The molecule has 0 fully saturated rings. The van der Waals surface area contributed by atoms with Gasteiger partial charge in [-0.1, -0.05) is 55.8 Å². The average Bonchev–Trinajstić information content (AvgIpc) is 3.20. The maximum atomic E-state index is 12.3. The van der Waals surface area contributed by atoms with Crippen LogP contribution < -0.4 is 16.4 Å². The number of thiol groups is 1. The second-order valence-electron chi connectivity index (χ2n) is 6.84. The van der Waals surface area contributed by atoms with E-state index in [1.165, 1.54) is 0 Å². The molecule has 5 N–H and O–H groups in total. The lowest BCUT2D eigenvalue weighted by Gasteiger charge is -2.21. The molecule has 0 aliphatic carbocycles. The molecule has 1 aromatic heterocycles. The summed E-state index contributed by atoms with van der Waals surface area (Å²) in [4.78, 5) is 27.9. The van der Waals surface area contributed by atoms with Gasteiger partial charge in [-0.2, -0.15) is 17.6 Å². The molecular formula is C19H27N5O4S. The van der Waals surface area contributed by atoms with Gasteiger partial charge in [-0.15, -0.1) is 0 Å². The van der Waals surface area contributed by atoms with E-state index in [0.29, 0.717) is 18.7 Å². The lowest BCUT2D eigenvalue weighted by molar-refractivity contribution is -0.140. The van der Waals surface area contributed by atoms with Crippen molar-refractivity contribution in [1.82, 2.24) is 20.8 Å². The topological polar surface area (TPSA) is 143 Å². The molecule has 2 amide bonds. The second-order valence-corrected chi connectivity index (χ2v) is 7.21. The number of carbonyl (C=O) groups is 2. The Morgan fingerprint density at radius 2 is 1.97 bits per heavy atom. The van der Waals surface area contributed by atoms with Crippen molar-refractivity contribution in [2.75, 3.05) is 5.75 Å². The summed E-state index contributed by atoms with van der Waals surface area (Å²) in [7, 11) is 0. The van der Waals surface area contributed by atoms with Crippen LogP contribution in [0.4, 0.5) is 4.79 Å². The molecule has 0 saturated carbocycles. The Morgan fingerprint density at radius 1 is 1.28 bits per heavy atom. The average molecular weight is 422 g/mol. The van der Waals surface area contributed by atoms with Crippen molar-refractivity contribution in [3.63, 3.8) is 0 Å². The molecule has 10 heteroatoms. The normalized spacial score (nSPS) is 15.2. The summed E-state index contributed by atoms with van der Waals surface area (Å²) < 4.78 is 5.25. The van der Waals surface area contributed by atoms with Crippen molar-refractivity contribution in [3.05, 3.63) is 47.6 Å². The van der Waals surface area contributed by atoms with E-state index in [1.807, 2.05) is 37.3 Å². The third-order valence-corrected chi connectivity index (χ3v) is 5.00. The Bertz CT molecular complexity index is 801. The van der Waals surface area contributed by atoms with Gasteiger partial charge in [-0.05, 0) is 17.9 Å². The van der Waals surface area contributed by atoms with E-state index in [2.05, 4.69) is 33.4 Å². The van der Waals surface area contributed by atoms with Crippen LogP contribution in [-0.2, 0) is 11.2 Å². The number of nitrogens with zero attached hydrogens (tertiary/aromatic N) is 2. The van der Waals surface area contributed by atoms with Crippen LogP contribution in [0.25, 0.3) is 0 Å². The van der Waals surface area contributed by atoms with Gasteiger partial charge in [0, 0.05) is 5.75 Å². The second kappa shape index (κ2) is 10.8. The number of benzene rings is 1. The smallest absolute Gasteiger partial charge is 0.326 e. The minimum absolute atomic E-state index is 0.157. The maximum Gasteiger partial charge on any atom is 0.326 e. The highest BCUT2D eigenvalue weighted by Gasteiger charge is 2.28. The molecule has 0 bridgehead atoms. The van der Waals surface area contributed by atoms with E-state index in [0.717, 1.165) is 5.56 Å². The highest BCUT2D eigenvalue weighted by molar-refractivity contribution is 7.80. The molecule has 158 valence electrons. The summed E-state index contributed by atoms with van der Waals surface area (Å²) in [6.07, 6.45) is 1.15. The van der Waals surface area contributed by atoms with E-state index in [9.17, 15) is 14.7 Å². The molecule has 1 unspecified atom stereocenters. The SMILES string of the molecule is CCC(C)[C@H](NC(=O)N[C@@H](CS)c1nc([C@@H](N)Cc2ccccc2)no1)C(=O)O. The summed E-state index contributed by atoms with van der Waals surface area (Å²) in [6.45, 7) is 3.61. The summed E-state index contributed by atoms with van der Waals surface area (Å²) >= 11 is 4.22. The molecule has 29 heavy (non-hydrogen) atoms. The fourth-order valence-corrected chi connectivity index (χ4v) is 2.96. The summed E-state index contributed by atoms with van der Waals surface area (Å²) in [6, 6.07) is 6.88. The van der Waals surface area contributed by atoms with Crippen molar-refractivity contribution >= 4 is 24.6 Å². The number of nitrogens with two attached hydrogens (primary N) is 1. The number of carbonyl (C=O) groups excluding carboxylic acids is 1. The lowest BCUT2D eigenvalue weighted by Crippen LogP contribution is -2.50. The van der Waals surface area contributed by atoms with Gasteiger partial charge in [-0.3, -0.25) is 0 Å². The maximum absolute atomic E-state index is 12.3. The molecule has 0 aliphatic rings. The van der Waals surface area contributed by atoms with Crippen LogP contribution in [0.15, 0.2) is 34.9 Å². The first kappa shape index (κ1) is 22.7. The quantitative estimate of drug-likeness (QED) is 0.370. The Balaban J connectivity index is 2.01. The van der Waals surface area contributed by atoms with E-state index in [-0.39, 0.29) is 17.6 Å². The summed E-state index contributed by atoms with van der Waals surface area (Å²) in [5, 5.41) is 18.3. The molecule has 2 rings (SSSR count). The van der Waals surface area contributed by atoms with Crippen LogP contribution >= 0.6 is 12.6 Å². The number of aromatic nitrogens is 2. The van der Waals surface area contributed by atoms with E-state index in [1.54, 1.807) is 6.92 Å². The predicted octanol–water partition coefficient (Wildman–Crippen LogP) is 2.08. The van der Waals surface area contributed by atoms with Crippen LogP contribution in [0, 0.1) is 5.92 Å². The van der Waals surface area contributed by atoms with Crippen molar-refractivity contribution < 1.29 is 19.2 Å². The van der Waals surface area contributed by atoms with Crippen LogP contribution in [0.5, 0.6) is 0 Å². The Kier molecular flexibility index (Phi) is 8.47. The molecule has 9 nitrogen and oxygen atoms in total. The van der Waals surface area contributed by atoms with E-state index < -0.39 is 30.1 Å². The Morgan fingerprint density at radius 3 is 2.55 bits per heavy atom. The third kappa shape index (κ3) is 6.47. The zero-order valence-electron chi connectivity index (χ0n) is 16.4. The predicted molar refractivity (Wildman–Crippen MR) is 111 cm³/mol. The molecule has 0 aliphatic heterocycles. The van der Waals surface area contributed by atoms with Gasteiger partial charge < -0.3 is 26.0 Å². The van der Waals surface area contributed by atoms with E-state index >= 15 is 0 Å². The van der Waals surface area contributed by atoms with E-state index in [4.69, 9.17) is 10.3 Å². The Labute approximate surface area is 174 Å². The zero-order chi connectivity index (χ0) is 21.4. The first-order valence-electron chi connectivity index (χ1n) is 9.39. The third-order valence-electron chi connectivity index (χ3n) is 4.64. The lowest BCUT2D eigenvalue weighted by atomic mass is 9.99. The summed E-state index contributed by atoms with van der Waals surface area (Å²) in [5.41, 5.74) is 7.20. The summed E-state index contributed by atoms with van der Waals surface area (Å²) in [5.74, 6) is -0.656. The molecule has 0 radical (unpaired) electrons. The largest absolute Gasteiger partial charge is 0.480 e. The molecule has 1 aromatic carbocycles. The van der Waals surface area contributed by atoms with Crippen molar-refractivity contribution in [2.45, 2.75) is 44.8 Å². The number of nitrogens with one attached hydrogen (secondary N) is 2. The van der Waals surface area contributed by atoms with Gasteiger partial charge in [0.15, 0.2) is 5.82 Å².